The van der Waals surface area contributed by atoms with Crippen LogP contribution in [0.25, 0.3) is 11.0 Å². The average molecular weight is 419 g/mol. The van der Waals surface area contributed by atoms with Gasteiger partial charge in [0.15, 0.2) is 0 Å². The number of rotatable bonds is 5. The van der Waals surface area contributed by atoms with E-state index in [2.05, 4.69) is 15.3 Å². The number of likely N-dealkylation sites (tertiary alicyclic amines) is 1. The lowest BCUT2D eigenvalue weighted by molar-refractivity contribution is -0.132. The highest BCUT2D eigenvalue weighted by Crippen LogP contribution is 2.31. The van der Waals surface area contributed by atoms with Gasteiger partial charge in [0.25, 0.3) is 0 Å². The Morgan fingerprint density at radius 1 is 1.07 bits per heavy atom. The van der Waals surface area contributed by atoms with Crippen molar-refractivity contribution in [2.45, 2.75) is 38.5 Å². The molecule has 1 amide bonds. The number of halogens is 1. The number of aryl methyl sites for hydroxylation is 1. The zero-order chi connectivity index (χ0) is 19.3. The molecular weight excluding hydrogens is 388 g/mol. The SMILES string of the molecule is COc1nc2ccccc2nc1CCC(=O)N1CCC(C2CCNCC2)CC1.Cl. The monoisotopic (exact) mass is 418 g/mol. The molecule has 2 aromatic rings. The summed E-state index contributed by atoms with van der Waals surface area (Å²) in [6.45, 7) is 4.10. The molecule has 0 radical (unpaired) electrons. The summed E-state index contributed by atoms with van der Waals surface area (Å²) in [7, 11) is 1.61. The van der Waals surface area contributed by atoms with Gasteiger partial charge in [-0.25, -0.2) is 9.97 Å². The van der Waals surface area contributed by atoms with Crippen LogP contribution >= 0.6 is 12.4 Å². The Morgan fingerprint density at radius 3 is 2.34 bits per heavy atom. The van der Waals surface area contributed by atoms with Crippen LogP contribution in [-0.2, 0) is 11.2 Å². The minimum absolute atomic E-state index is 0. The summed E-state index contributed by atoms with van der Waals surface area (Å²) in [4.78, 5) is 24.0. The molecule has 2 aliphatic heterocycles. The zero-order valence-corrected chi connectivity index (χ0v) is 17.9. The fourth-order valence-corrected chi connectivity index (χ4v) is 4.67. The van der Waals surface area contributed by atoms with Crippen molar-refractivity contribution in [2.24, 2.45) is 11.8 Å². The molecule has 7 heteroatoms. The van der Waals surface area contributed by atoms with Gasteiger partial charge in [-0.05, 0) is 62.7 Å². The second kappa shape index (κ2) is 10.2. The van der Waals surface area contributed by atoms with Crippen LogP contribution in [0.5, 0.6) is 5.88 Å². The smallest absolute Gasteiger partial charge is 0.235 e. The Hall–Kier alpha value is -1.92. The third-order valence-corrected chi connectivity index (χ3v) is 6.32. The van der Waals surface area contributed by atoms with Crippen molar-refractivity contribution in [1.29, 1.82) is 0 Å². The number of carbonyl (C=O) groups excluding carboxylic acids is 1. The number of ether oxygens (including phenoxy) is 1. The second-order valence-corrected chi connectivity index (χ2v) is 7.97. The number of para-hydroxylation sites is 2. The summed E-state index contributed by atoms with van der Waals surface area (Å²) in [5.74, 6) is 2.38. The molecule has 0 unspecified atom stereocenters. The Bertz CT molecular complexity index is 818. The van der Waals surface area contributed by atoms with Gasteiger partial charge in [0, 0.05) is 25.9 Å². The van der Waals surface area contributed by atoms with Crippen molar-refractivity contribution in [1.82, 2.24) is 20.2 Å². The van der Waals surface area contributed by atoms with Crippen molar-refractivity contribution in [3.05, 3.63) is 30.0 Å². The van der Waals surface area contributed by atoms with Crippen LogP contribution < -0.4 is 10.1 Å². The van der Waals surface area contributed by atoms with Crippen molar-refractivity contribution in [3.63, 3.8) is 0 Å². The van der Waals surface area contributed by atoms with E-state index in [1.165, 1.54) is 12.8 Å². The summed E-state index contributed by atoms with van der Waals surface area (Å²) in [5.41, 5.74) is 2.42. The molecule has 2 fully saturated rings. The topological polar surface area (TPSA) is 67.4 Å². The Morgan fingerprint density at radius 2 is 1.69 bits per heavy atom. The maximum atomic E-state index is 12.7. The van der Waals surface area contributed by atoms with Crippen LogP contribution in [0, 0.1) is 11.8 Å². The summed E-state index contributed by atoms with van der Waals surface area (Å²) in [5, 5.41) is 3.45. The lowest BCUT2D eigenvalue weighted by Crippen LogP contribution is -2.42. The van der Waals surface area contributed by atoms with Gasteiger partial charge >= 0.3 is 0 Å². The van der Waals surface area contributed by atoms with Crippen molar-refractivity contribution < 1.29 is 9.53 Å². The molecule has 0 bridgehead atoms. The third kappa shape index (κ3) is 5.17. The van der Waals surface area contributed by atoms with Crippen LogP contribution in [0.2, 0.25) is 0 Å². The average Bonchev–Trinajstić information content (AvgIpc) is 2.77. The maximum absolute atomic E-state index is 12.7. The van der Waals surface area contributed by atoms with Crippen LogP contribution in [0.4, 0.5) is 0 Å². The first kappa shape index (κ1) is 21.8. The number of nitrogens with zero attached hydrogens (tertiary/aromatic N) is 3. The molecule has 0 saturated carbocycles. The summed E-state index contributed by atoms with van der Waals surface area (Å²) < 4.78 is 5.41. The van der Waals surface area contributed by atoms with Gasteiger partial charge in [-0.3, -0.25) is 4.79 Å². The largest absolute Gasteiger partial charge is 0.480 e. The lowest BCUT2D eigenvalue weighted by atomic mass is 9.79. The lowest BCUT2D eigenvalue weighted by Gasteiger charge is -2.37. The Balaban J connectivity index is 0.00000240. The van der Waals surface area contributed by atoms with E-state index in [4.69, 9.17) is 4.74 Å². The molecule has 2 aliphatic rings. The second-order valence-electron chi connectivity index (χ2n) is 7.97. The predicted molar refractivity (Wildman–Crippen MR) is 117 cm³/mol. The van der Waals surface area contributed by atoms with Crippen molar-refractivity contribution in [2.75, 3.05) is 33.3 Å². The standard InChI is InChI=1S/C22H30N4O2.ClH/c1-28-22-20(24-18-4-2-3-5-19(18)25-22)6-7-21(27)26-14-10-17(11-15-26)16-8-12-23-13-9-16;/h2-5,16-17,23H,6-15H2,1H3;1H. The summed E-state index contributed by atoms with van der Waals surface area (Å²) in [6.07, 6.45) is 5.90. The molecule has 3 heterocycles. The van der Waals surface area contributed by atoms with Gasteiger partial charge < -0.3 is 15.0 Å². The fourth-order valence-electron chi connectivity index (χ4n) is 4.67. The molecule has 29 heavy (non-hydrogen) atoms. The van der Waals surface area contributed by atoms with E-state index in [0.29, 0.717) is 18.7 Å². The molecule has 1 aromatic carbocycles. The Labute approximate surface area is 178 Å². The van der Waals surface area contributed by atoms with Crippen LogP contribution in [0.15, 0.2) is 24.3 Å². The number of fused-ring (bicyclic) bond motifs is 1. The first-order valence-corrected chi connectivity index (χ1v) is 10.5. The minimum Gasteiger partial charge on any atom is -0.480 e. The van der Waals surface area contributed by atoms with Gasteiger partial charge in [0.05, 0.1) is 18.1 Å². The molecule has 2 saturated heterocycles. The van der Waals surface area contributed by atoms with Crippen LogP contribution in [-0.4, -0.2) is 54.1 Å². The number of aromatic nitrogens is 2. The highest BCUT2D eigenvalue weighted by molar-refractivity contribution is 5.85. The van der Waals surface area contributed by atoms with E-state index in [-0.39, 0.29) is 18.3 Å². The van der Waals surface area contributed by atoms with E-state index >= 15 is 0 Å². The van der Waals surface area contributed by atoms with Crippen LogP contribution in [0.3, 0.4) is 0 Å². The molecule has 4 rings (SSSR count). The van der Waals surface area contributed by atoms with Gasteiger partial charge in [0.1, 0.15) is 5.69 Å². The molecule has 1 aromatic heterocycles. The summed E-state index contributed by atoms with van der Waals surface area (Å²) >= 11 is 0. The number of methoxy groups -OCH3 is 1. The minimum atomic E-state index is 0. The number of benzene rings is 1. The van der Waals surface area contributed by atoms with E-state index in [1.807, 2.05) is 29.2 Å². The highest BCUT2D eigenvalue weighted by Gasteiger charge is 2.29. The molecule has 0 atom stereocenters. The van der Waals surface area contributed by atoms with Gasteiger partial charge in [-0.2, -0.15) is 0 Å². The third-order valence-electron chi connectivity index (χ3n) is 6.32. The number of amides is 1. The van der Waals surface area contributed by atoms with Gasteiger partial charge in [-0.15, -0.1) is 12.4 Å². The normalized spacial score (nSPS) is 18.4. The maximum Gasteiger partial charge on any atom is 0.235 e. The first-order chi connectivity index (χ1) is 13.7. The summed E-state index contributed by atoms with van der Waals surface area (Å²) in [6, 6.07) is 7.75. The quantitative estimate of drug-likeness (QED) is 0.807. The van der Waals surface area contributed by atoms with Crippen molar-refractivity contribution >= 4 is 29.3 Å². The first-order valence-electron chi connectivity index (χ1n) is 10.5. The fraction of sp³-hybridized carbons (Fsp3) is 0.591. The number of hydrogen-bond donors (Lipinski definition) is 1. The van der Waals surface area contributed by atoms with Crippen LogP contribution in [0.1, 0.15) is 37.8 Å². The van der Waals surface area contributed by atoms with E-state index in [9.17, 15) is 4.79 Å². The molecule has 0 aliphatic carbocycles. The predicted octanol–water partition coefficient (Wildman–Crippen LogP) is 3.23. The zero-order valence-electron chi connectivity index (χ0n) is 17.1. The number of nitrogens with one attached hydrogen (secondary N) is 1. The molecule has 1 N–H and O–H groups in total. The van der Waals surface area contributed by atoms with Gasteiger partial charge in [-0.1, -0.05) is 12.1 Å². The number of piperidine rings is 2. The highest BCUT2D eigenvalue weighted by atomic mass is 35.5. The van der Waals surface area contributed by atoms with Gasteiger partial charge in [0.2, 0.25) is 11.8 Å². The van der Waals surface area contributed by atoms with Crippen molar-refractivity contribution in [3.8, 4) is 5.88 Å². The number of hydrogen-bond acceptors (Lipinski definition) is 5. The number of carbonyl (C=O) groups is 1. The van der Waals surface area contributed by atoms with E-state index in [0.717, 1.165) is 67.6 Å². The molecule has 0 spiro atoms. The Kier molecular flexibility index (Phi) is 7.67. The molecule has 6 nitrogen and oxygen atoms in total. The van der Waals surface area contributed by atoms with E-state index in [1.54, 1.807) is 7.11 Å². The molecule has 158 valence electrons. The molecular formula is C22H31ClN4O2. The van der Waals surface area contributed by atoms with E-state index < -0.39 is 0 Å².